The molecular weight excluding hydrogens is 396 g/mol. The molecule has 0 saturated carbocycles. The van der Waals surface area contributed by atoms with E-state index in [1.807, 2.05) is 13.0 Å². The van der Waals surface area contributed by atoms with E-state index in [2.05, 4.69) is 26.6 Å². The van der Waals surface area contributed by atoms with Crippen LogP contribution in [0.4, 0.5) is 11.4 Å². The van der Waals surface area contributed by atoms with E-state index in [9.17, 15) is 9.59 Å². The van der Waals surface area contributed by atoms with Gasteiger partial charge in [-0.05, 0) is 48.9 Å². The van der Waals surface area contributed by atoms with Crippen molar-refractivity contribution in [2.45, 2.75) is 13.8 Å². The van der Waals surface area contributed by atoms with E-state index in [1.54, 1.807) is 30.3 Å². The number of anilines is 2. The Morgan fingerprint density at radius 2 is 1.71 bits per heavy atom. The number of rotatable bonds is 5. The Morgan fingerprint density at radius 3 is 2.25 bits per heavy atom. The maximum Gasteiger partial charge on any atom is 0.262 e. The maximum absolute atomic E-state index is 12.0. The molecule has 2 aromatic carbocycles. The lowest BCUT2D eigenvalue weighted by atomic mass is 10.2. The summed E-state index contributed by atoms with van der Waals surface area (Å²) in [6, 6.07) is 10.4. The van der Waals surface area contributed by atoms with Crippen LogP contribution < -0.4 is 15.4 Å². The molecule has 0 aliphatic rings. The number of carbonyl (C=O) groups is 2. The van der Waals surface area contributed by atoms with Crippen molar-refractivity contribution in [1.29, 1.82) is 0 Å². The lowest BCUT2D eigenvalue weighted by Gasteiger charge is -2.12. The zero-order valence-electron chi connectivity index (χ0n) is 13.2. The third-order valence-electron chi connectivity index (χ3n) is 3.03. The molecule has 0 aromatic heterocycles. The van der Waals surface area contributed by atoms with Crippen molar-refractivity contribution in [3.63, 3.8) is 0 Å². The van der Waals surface area contributed by atoms with Crippen molar-refractivity contribution >= 4 is 50.7 Å². The third kappa shape index (κ3) is 5.25. The van der Waals surface area contributed by atoms with Crippen LogP contribution in [0.2, 0.25) is 5.02 Å². The van der Waals surface area contributed by atoms with Gasteiger partial charge >= 0.3 is 0 Å². The first-order valence-electron chi connectivity index (χ1n) is 7.11. The molecule has 2 amide bonds. The van der Waals surface area contributed by atoms with E-state index in [4.69, 9.17) is 16.3 Å². The molecule has 0 saturated heterocycles. The standard InChI is InChI=1S/C17H16BrClN2O3/c1-10-7-12(18)8-15(19)17(10)24-9-16(23)21-14-5-3-13(4-6-14)20-11(2)22/h3-8H,9H2,1-2H3,(H,20,22)(H,21,23). The van der Waals surface area contributed by atoms with Gasteiger partial charge in [0.25, 0.3) is 5.91 Å². The van der Waals surface area contributed by atoms with Crippen molar-refractivity contribution in [3.8, 4) is 5.75 Å². The summed E-state index contributed by atoms with van der Waals surface area (Å²) in [4.78, 5) is 22.9. The predicted molar refractivity (Wildman–Crippen MR) is 98.8 cm³/mol. The highest BCUT2D eigenvalue weighted by Crippen LogP contribution is 2.31. The minimum Gasteiger partial charge on any atom is -0.482 e. The van der Waals surface area contributed by atoms with Gasteiger partial charge in [-0.2, -0.15) is 0 Å². The minimum atomic E-state index is -0.305. The highest BCUT2D eigenvalue weighted by Gasteiger charge is 2.10. The smallest absolute Gasteiger partial charge is 0.262 e. The first-order chi connectivity index (χ1) is 11.3. The SMILES string of the molecule is CC(=O)Nc1ccc(NC(=O)COc2c(C)cc(Br)cc2Cl)cc1. The van der Waals surface area contributed by atoms with Crippen LogP contribution in [-0.4, -0.2) is 18.4 Å². The van der Waals surface area contributed by atoms with Gasteiger partial charge in [0.15, 0.2) is 6.61 Å². The molecule has 5 nitrogen and oxygen atoms in total. The van der Waals surface area contributed by atoms with Gasteiger partial charge in [0.1, 0.15) is 5.75 Å². The summed E-state index contributed by atoms with van der Waals surface area (Å²) in [5.74, 6) is 0.0265. The molecule has 0 heterocycles. The Hall–Kier alpha value is -2.05. The molecule has 0 atom stereocenters. The lowest BCUT2D eigenvalue weighted by molar-refractivity contribution is -0.118. The largest absolute Gasteiger partial charge is 0.482 e. The quantitative estimate of drug-likeness (QED) is 0.767. The van der Waals surface area contributed by atoms with Crippen molar-refractivity contribution in [2.75, 3.05) is 17.2 Å². The Balaban J connectivity index is 1.93. The van der Waals surface area contributed by atoms with Gasteiger partial charge in [0.05, 0.1) is 5.02 Å². The second-order valence-corrected chi connectivity index (χ2v) is 6.45. The summed E-state index contributed by atoms with van der Waals surface area (Å²) >= 11 is 9.46. The lowest BCUT2D eigenvalue weighted by Crippen LogP contribution is -2.20. The van der Waals surface area contributed by atoms with E-state index < -0.39 is 0 Å². The molecule has 2 N–H and O–H groups in total. The number of hydrogen-bond donors (Lipinski definition) is 2. The van der Waals surface area contributed by atoms with Crippen LogP contribution in [-0.2, 0) is 9.59 Å². The van der Waals surface area contributed by atoms with Gasteiger partial charge in [0, 0.05) is 22.8 Å². The van der Waals surface area contributed by atoms with Crippen molar-refractivity contribution in [3.05, 3.63) is 51.5 Å². The van der Waals surface area contributed by atoms with E-state index in [1.165, 1.54) is 6.92 Å². The first kappa shape index (κ1) is 18.3. The number of halogens is 2. The molecule has 0 unspecified atom stereocenters. The van der Waals surface area contributed by atoms with Crippen LogP contribution in [0.25, 0.3) is 0 Å². The molecule has 24 heavy (non-hydrogen) atoms. The van der Waals surface area contributed by atoms with E-state index >= 15 is 0 Å². The Labute approximate surface area is 153 Å². The van der Waals surface area contributed by atoms with Crippen molar-refractivity contribution in [2.24, 2.45) is 0 Å². The molecule has 0 radical (unpaired) electrons. The highest BCUT2D eigenvalue weighted by atomic mass is 79.9. The van der Waals surface area contributed by atoms with Gasteiger partial charge in [-0.1, -0.05) is 27.5 Å². The summed E-state index contributed by atoms with van der Waals surface area (Å²) in [5.41, 5.74) is 2.10. The molecule has 0 aliphatic carbocycles. The minimum absolute atomic E-state index is 0.151. The number of ether oxygens (including phenoxy) is 1. The number of hydrogen-bond acceptors (Lipinski definition) is 3. The molecule has 0 aliphatic heterocycles. The van der Waals surface area contributed by atoms with Gasteiger partial charge in [-0.3, -0.25) is 9.59 Å². The summed E-state index contributed by atoms with van der Waals surface area (Å²) < 4.78 is 6.36. The van der Waals surface area contributed by atoms with Gasteiger partial charge < -0.3 is 15.4 Å². The summed E-state index contributed by atoms with van der Waals surface area (Å²) in [7, 11) is 0. The fourth-order valence-electron chi connectivity index (χ4n) is 2.05. The average molecular weight is 412 g/mol. The number of benzene rings is 2. The fourth-order valence-corrected chi connectivity index (χ4v) is 3.07. The normalized spacial score (nSPS) is 10.2. The van der Waals surface area contributed by atoms with Crippen LogP contribution in [0.15, 0.2) is 40.9 Å². The highest BCUT2D eigenvalue weighted by molar-refractivity contribution is 9.10. The summed E-state index contributed by atoms with van der Waals surface area (Å²) in [6.45, 7) is 3.13. The zero-order chi connectivity index (χ0) is 17.7. The second-order valence-electron chi connectivity index (χ2n) is 5.13. The Bertz CT molecular complexity index is 740. The Morgan fingerprint density at radius 1 is 1.12 bits per heavy atom. The number of carbonyl (C=O) groups excluding carboxylic acids is 2. The molecule has 0 bridgehead atoms. The number of amides is 2. The monoisotopic (exact) mass is 410 g/mol. The molecule has 126 valence electrons. The average Bonchev–Trinajstić information content (AvgIpc) is 2.47. The van der Waals surface area contributed by atoms with E-state index in [-0.39, 0.29) is 18.4 Å². The molecular formula is C17H16BrClN2O3. The summed E-state index contributed by atoms with van der Waals surface area (Å²) in [6.07, 6.45) is 0. The molecule has 2 rings (SSSR count). The van der Waals surface area contributed by atoms with Crippen LogP contribution >= 0.6 is 27.5 Å². The Kier molecular flexibility index (Phi) is 6.23. The molecule has 7 heteroatoms. The van der Waals surface area contributed by atoms with Gasteiger partial charge in [-0.25, -0.2) is 0 Å². The third-order valence-corrected chi connectivity index (χ3v) is 3.77. The van der Waals surface area contributed by atoms with Crippen molar-refractivity contribution < 1.29 is 14.3 Å². The molecule has 0 fully saturated rings. The van der Waals surface area contributed by atoms with E-state index in [0.717, 1.165) is 10.0 Å². The van der Waals surface area contributed by atoms with Crippen LogP contribution in [0.1, 0.15) is 12.5 Å². The topological polar surface area (TPSA) is 67.4 Å². The number of aryl methyl sites for hydroxylation is 1. The second kappa shape index (κ2) is 8.17. The number of nitrogens with one attached hydrogen (secondary N) is 2. The van der Waals surface area contributed by atoms with Gasteiger partial charge in [-0.15, -0.1) is 0 Å². The van der Waals surface area contributed by atoms with E-state index in [0.29, 0.717) is 22.1 Å². The molecule has 0 spiro atoms. The first-order valence-corrected chi connectivity index (χ1v) is 8.28. The predicted octanol–water partition coefficient (Wildman–Crippen LogP) is 4.39. The fraction of sp³-hybridized carbons (Fsp3) is 0.176. The van der Waals surface area contributed by atoms with Crippen molar-refractivity contribution in [1.82, 2.24) is 0 Å². The van der Waals surface area contributed by atoms with Crippen LogP contribution in [0, 0.1) is 6.92 Å². The van der Waals surface area contributed by atoms with Crippen LogP contribution in [0.5, 0.6) is 5.75 Å². The summed E-state index contributed by atoms with van der Waals surface area (Å²) in [5, 5.41) is 5.81. The zero-order valence-corrected chi connectivity index (χ0v) is 15.5. The molecule has 2 aromatic rings. The maximum atomic E-state index is 12.0. The van der Waals surface area contributed by atoms with Crippen LogP contribution in [0.3, 0.4) is 0 Å². The van der Waals surface area contributed by atoms with Gasteiger partial charge in [0.2, 0.25) is 5.91 Å².